The number of anilines is 1. The standard InChI is InChI=1S/C12H12N6/c1-7-6-10-16-17-12(18(10)8(2)15-7)11-9(13)4-3-5-14-11/h3-6H,13H2,1-2H3. The number of aryl methyl sites for hydroxylation is 2. The van der Waals surface area contributed by atoms with Crippen LogP contribution in [0.25, 0.3) is 17.2 Å². The minimum absolute atomic E-state index is 0.576. The molecule has 2 N–H and O–H groups in total. The maximum Gasteiger partial charge on any atom is 0.190 e. The highest BCUT2D eigenvalue weighted by Gasteiger charge is 2.14. The average molecular weight is 240 g/mol. The van der Waals surface area contributed by atoms with Crippen molar-refractivity contribution in [2.24, 2.45) is 0 Å². The van der Waals surface area contributed by atoms with Crippen LogP contribution in [-0.4, -0.2) is 24.6 Å². The third-order valence-electron chi connectivity index (χ3n) is 2.74. The number of nitrogen functional groups attached to an aromatic ring is 1. The van der Waals surface area contributed by atoms with Crippen LogP contribution in [0.3, 0.4) is 0 Å². The molecule has 0 unspecified atom stereocenters. The van der Waals surface area contributed by atoms with E-state index in [1.807, 2.05) is 24.3 Å². The Labute approximate surface area is 104 Å². The van der Waals surface area contributed by atoms with Crippen LogP contribution in [0.5, 0.6) is 0 Å². The molecule has 0 aromatic carbocycles. The highest BCUT2D eigenvalue weighted by atomic mass is 15.3. The highest BCUT2D eigenvalue weighted by molar-refractivity contribution is 5.68. The number of nitrogens with two attached hydrogens (primary N) is 1. The molecule has 0 aliphatic rings. The van der Waals surface area contributed by atoms with Gasteiger partial charge in [-0.05, 0) is 26.0 Å². The molecule has 0 bridgehead atoms. The molecule has 90 valence electrons. The Kier molecular flexibility index (Phi) is 2.22. The SMILES string of the molecule is Cc1cc2nnc(-c3ncccc3N)n2c(C)n1. The molecule has 0 amide bonds. The fraction of sp³-hybridized carbons (Fsp3) is 0.167. The number of pyridine rings is 1. The first-order valence-electron chi connectivity index (χ1n) is 5.57. The summed E-state index contributed by atoms with van der Waals surface area (Å²) in [7, 11) is 0. The van der Waals surface area contributed by atoms with Crippen LogP contribution in [0, 0.1) is 13.8 Å². The molecule has 3 aromatic rings. The van der Waals surface area contributed by atoms with Gasteiger partial charge in [0.2, 0.25) is 0 Å². The Hall–Kier alpha value is -2.50. The van der Waals surface area contributed by atoms with Crippen molar-refractivity contribution in [1.82, 2.24) is 24.6 Å². The first-order chi connectivity index (χ1) is 8.66. The van der Waals surface area contributed by atoms with Crippen molar-refractivity contribution in [1.29, 1.82) is 0 Å². The molecule has 0 fully saturated rings. The van der Waals surface area contributed by atoms with Crippen LogP contribution in [0.15, 0.2) is 24.4 Å². The minimum atomic E-state index is 0.576. The summed E-state index contributed by atoms with van der Waals surface area (Å²) in [6.45, 7) is 3.84. The van der Waals surface area contributed by atoms with Gasteiger partial charge in [0, 0.05) is 18.0 Å². The number of hydrogen-bond acceptors (Lipinski definition) is 5. The van der Waals surface area contributed by atoms with E-state index in [4.69, 9.17) is 5.73 Å². The number of fused-ring (bicyclic) bond motifs is 1. The Bertz CT molecular complexity index is 731. The van der Waals surface area contributed by atoms with Gasteiger partial charge in [-0.1, -0.05) is 0 Å². The van der Waals surface area contributed by atoms with E-state index < -0.39 is 0 Å². The zero-order chi connectivity index (χ0) is 12.7. The lowest BCUT2D eigenvalue weighted by molar-refractivity contribution is 0.957. The second-order valence-corrected chi connectivity index (χ2v) is 4.10. The van der Waals surface area contributed by atoms with Gasteiger partial charge < -0.3 is 5.73 Å². The van der Waals surface area contributed by atoms with Gasteiger partial charge in [-0.3, -0.25) is 9.38 Å². The van der Waals surface area contributed by atoms with Gasteiger partial charge in [-0.15, -0.1) is 10.2 Å². The second-order valence-electron chi connectivity index (χ2n) is 4.10. The molecular formula is C12H12N6. The molecule has 18 heavy (non-hydrogen) atoms. The molecule has 3 aromatic heterocycles. The monoisotopic (exact) mass is 240 g/mol. The quantitative estimate of drug-likeness (QED) is 0.695. The van der Waals surface area contributed by atoms with Crippen LogP contribution in [0.2, 0.25) is 0 Å². The van der Waals surface area contributed by atoms with Crippen molar-refractivity contribution >= 4 is 11.3 Å². The van der Waals surface area contributed by atoms with Gasteiger partial charge in [0.25, 0.3) is 0 Å². The highest BCUT2D eigenvalue weighted by Crippen LogP contribution is 2.22. The fourth-order valence-corrected chi connectivity index (χ4v) is 1.99. The number of nitrogens with zero attached hydrogens (tertiary/aromatic N) is 5. The maximum atomic E-state index is 5.92. The lowest BCUT2D eigenvalue weighted by Crippen LogP contribution is -2.02. The van der Waals surface area contributed by atoms with Crippen LogP contribution in [-0.2, 0) is 0 Å². The largest absolute Gasteiger partial charge is 0.397 e. The summed E-state index contributed by atoms with van der Waals surface area (Å²) in [5.74, 6) is 1.43. The van der Waals surface area contributed by atoms with E-state index in [0.29, 0.717) is 17.2 Å². The molecule has 0 saturated heterocycles. The number of hydrogen-bond donors (Lipinski definition) is 1. The van der Waals surface area contributed by atoms with Crippen LogP contribution >= 0.6 is 0 Å². The van der Waals surface area contributed by atoms with Crippen LogP contribution in [0.4, 0.5) is 5.69 Å². The summed E-state index contributed by atoms with van der Waals surface area (Å²) in [6, 6.07) is 5.46. The van der Waals surface area contributed by atoms with Gasteiger partial charge in [0.15, 0.2) is 11.5 Å². The number of aromatic nitrogens is 5. The Morgan fingerprint density at radius 2 is 2.06 bits per heavy atom. The van der Waals surface area contributed by atoms with E-state index >= 15 is 0 Å². The second kappa shape index (κ2) is 3.76. The molecule has 3 heterocycles. The summed E-state index contributed by atoms with van der Waals surface area (Å²) in [6.07, 6.45) is 1.68. The molecule has 0 radical (unpaired) electrons. The van der Waals surface area contributed by atoms with E-state index in [0.717, 1.165) is 17.2 Å². The lowest BCUT2D eigenvalue weighted by Gasteiger charge is -2.05. The summed E-state index contributed by atoms with van der Waals surface area (Å²) < 4.78 is 1.85. The summed E-state index contributed by atoms with van der Waals surface area (Å²) >= 11 is 0. The first-order valence-corrected chi connectivity index (χ1v) is 5.57. The van der Waals surface area contributed by atoms with Crippen molar-refractivity contribution in [2.45, 2.75) is 13.8 Å². The lowest BCUT2D eigenvalue weighted by atomic mass is 10.3. The normalized spacial score (nSPS) is 11.0. The third kappa shape index (κ3) is 1.50. The van der Waals surface area contributed by atoms with Crippen LogP contribution < -0.4 is 5.73 Å². The van der Waals surface area contributed by atoms with Crippen molar-refractivity contribution in [3.63, 3.8) is 0 Å². The van der Waals surface area contributed by atoms with Crippen LogP contribution in [0.1, 0.15) is 11.5 Å². The number of rotatable bonds is 1. The van der Waals surface area contributed by atoms with Crippen molar-refractivity contribution in [3.8, 4) is 11.5 Å². The van der Waals surface area contributed by atoms with E-state index in [-0.39, 0.29) is 0 Å². The Morgan fingerprint density at radius 1 is 1.22 bits per heavy atom. The smallest absolute Gasteiger partial charge is 0.190 e. The molecule has 0 aliphatic heterocycles. The fourth-order valence-electron chi connectivity index (χ4n) is 1.99. The zero-order valence-corrected chi connectivity index (χ0v) is 10.1. The summed E-state index contributed by atoms with van der Waals surface area (Å²) in [5, 5.41) is 8.29. The van der Waals surface area contributed by atoms with E-state index in [1.54, 1.807) is 18.3 Å². The van der Waals surface area contributed by atoms with Gasteiger partial charge >= 0.3 is 0 Å². The zero-order valence-electron chi connectivity index (χ0n) is 10.1. The predicted molar refractivity (Wildman–Crippen MR) is 67.9 cm³/mol. The van der Waals surface area contributed by atoms with Gasteiger partial charge in [0.05, 0.1) is 5.69 Å². The predicted octanol–water partition coefficient (Wildman–Crippen LogP) is 1.39. The third-order valence-corrected chi connectivity index (χ3v) is 2.74. The average Bonchev–Trinajstić information content (AvgIpc) is 2.73. The minimum Gasteiger partial charge on any atom is -0.397 e. The molecule has 6 nitrogen and oxygen atoms in total. The molecule has 0 saturated carbocycles. The molecule has 0 aliphatic carbocycles. The van der Waals surface area contributed by atoms with Crippen molar-refractivity contribution < 1.29 is 0 Å². The van der Waals surface area contributed by atoms with E-state index in [2.05, 4.69) is 20.2 Å². The van der Waals surface area contributed by atoms with Gasteiger partial charge in [0.1, 0.15) is 11.5 Å². The molecule has 0 atom stereocenters. The van der Waals surface area contributed by atoms with Crippen molar-refractivity contribution in [2.75, 3.05) is 5.73 Å². The van der Waals surface area contributed by atoms with Crippen molar-refractivity contribution in [3.05, 3.63) is 35.9 Å². The van der Waals surface area contributed by atoms with Gasteiger partial charge in [-0.25, -0.2) is 4.98 Å². The maximum absolute atomic E-state index is 5.92. The molecule has 3 rings (SSSR count). The Morgan fingerprint density at radius 3 is 2.83 bits per heavy atom. The first kappa shape index (κ1) is 10.6. The van der Waals surface area contributed by atoms with E-state index in [1.165, 1.54) is 0 Å². The molecular weight excluding hydrogens is 228 g/mol. The Balaban J connectivity index is 2.35. The van der Waals surface area contributed by atoms with E-state index in [9.17, 15) is 0 Å². The molecule has 0 spiro atoms. The molecule has 6 heteroatoms. The van der Waals surface area contributed by atoms with Gasteiger partial charge in [-0.2, -0.15) is 0 Å². The summed E-state index contributed by atoms with van der Waals surface area (Å²) in [5.41, 5.74) is 8.78. The summed E-state index contributed by atoms with van der Waals surface area (Å²) in [4.78, 5) is 8.66. The topological polar surface area (TPSA) is 82.0 Å².